The topological polar surface area (TPSA) is 72.7 Å². The highest BCUT2D eigenvalue weighted by Gasteiger charge is 2.10. The lowest BCUT2D eigenvalue weighted by molar-refractivity contribution is 0.0600. The largest absolute Gasteiger partial charge is 0.465 e. The van der Waals surface area contributed by atoms with Gasteiger partial charge in [0.2, 0.25) is 0 Å². The number of hydrogen-bond acceptors (Lipinski definition) is 4. The van der Waals surface area contributed by atoms with Crippen LogP contribution < -0.4 is 5.32 Å². The van der Waals surface area contributed by atoms with Crippen molar-refractivity contribution in [2.45, 2.75) is 6.54 Å². The highest BCUT2D eigenvalue weighted by molar-refractivity contribution is 5.95. The first-order valence-corrected chi connectivity index (χ1v) is 9.14. The van der Waals surface area contributed by atoms with Crippen LogP contribution in [0.2, 0.25) is 0 Å². The number of carbonyl (C=O) groups is 2. The molecular weight excluding hydrogens is 366 g/mol. The predicted molar refractivity (Wildman–Crippen MR) is 110 cm³/mol. The highest BCUT2D eigenvalue weighted by Crippen LogP contribution is 2.19. The van der Waals surface area contributed by atoms with Gasteiger partial charge in [-0.1, -0.05) is 42.5 Å². The van der Waals surface area contributed by atoms with Gasteiger partial charge in [0.15, 0.2) is 0 Å². The maximum atomic E-state index is 12.5. The van der Waals surface area contributed by atoms with Crippen molar-refractivity contribution in [1.29, 1.82) is 0 Å². The van der Waals surface area contributed by atoms with Crippen LogP contribution in [0.3, 0.4) is 0 Å². The van der Waals surface area contributed by atoms with Gasteiger partial charge in [0.25, 0.3) is 5.91 Å². The summed E-state index contributed by atoms with van der Waals surface area (Å²) in [7, 11) is 1.34. The van der Waals surface area contributed by atoms with Gasteiger partial charge in [-0.3, -0.25) is 4.79 Å². The van der Waals surface area contributed by atoms with Crippen molar-refractivity contribution in [2.75, 3.05) is 7.11 Å². The summed E-state index contributed by atoms with van der Waals surface area (Å²) in [6.45, 7) is 0.356. The minimum atomic E-state index is -0.386. The molecule has 2 heterocycles. The molecule has 0 unspecified atom stereocenters. The molecule has 0 fully saturated rings. The molecule has 0 spiro atoms. The Morgan fingerprint density at radius 2 is 1.76 bits per heavy atom. The molecule has 0 saturated heterocycles. The van der Waals surface area contributed by atoms with Crippen LogP contribution in [0.25, 0.3) is 16.9 Å². The molecule has 4 aromatic rings. The van der Waals surface area contributed by atoms with Gasteiger partial charge in [-0.05, 0) is 29.8 Å². The number of esters is 1. The van der Waals surface area contributed by atoms with Crippen molar-refractivity contribution in [3.8, 4) is 11.3 Å². The Hall–Kier alpha value is -3.93. The fourth-order valence-corrected chi connectivity index (χ4v) is 3.03. The van der Waals surface area contributed by atoms with Crippen LogP contribution in [-0.2, 0) is 11.3 Å². The zero-order chi connectivity index (χ0) is 20.2. The molecule has 4 rings (SSSR count). The number of imidazole rings is 1. The molecule has 2 aromatic heterocycles. The van der Waals surface area contributed by atoms with E-state index in [1.54, 1.807) is 36.4 Å². The highest BCUT2D eigenvalue weighted by atomic mass is 16.5. The van der Waals surface area contributed by atoms with E-state index in [2.05, 4.69) is 15.0 Å². The first-order chi connectivity index (χ1) is 14.1. The van der Waals surface area contributed by atoms with Gasteiger partial charge < -0.3 is 14.5 Å². The van der Waals surface area contributed by atoms with E-state index < -0.39 is 0 Å². The van der Waals surface area contributed by atoms with E-state index in [1.165, 1.54) is 7.11 Å². The average molecular weight is 385 g/mol. The Morgan fingerprint density at radius 1 is 1.00 bits per heavy atom. The van der Waals surface area contributed by atoms with Crippen molar-refractivity contribution in [2.24, 2.45) is 0 Å². The number of methoxy groups -OCH3 is 1. The van der Waals surface area contributed by atoms with E-state index in [1.807, 2.05) is 47.1 Å². The van der Waals surface area contributed by atoms with Crippen molar-refractivity contribution in [3.05, 3.63) is 95.8 Å². The average Bonchev–Trinajstić information content (AvgIpc) is 3.21. The van der Waals surface area contributed by atoms with Crippen molar-refractivity contribution in [1.82, 2.24) is 14.7 Å². The molecule has 144 valence electrons. The quantitative estimate of drug-likeness (QED) is 0.532. The van der Waals surface area contributed by atoms with Gasteiger partial charge in [-0.2, -0.15) is 0 Å². The fourth-order valence-electron chi connectivity index (χ4n) is 3.03. The smallest absolute Gasteiger partial charge is 0.337 e. The normalized spacial score (nSPS) is 10.7. The Labute approximate surface area is 167 Å². The number of rotatable bonds is 5. The predicted octanol–water partition coefficient (Wildman–Crippen LogP) is 3.72. The van der Waals surface area contributed by atoms with Crippen LogP contribution in [0, 0.1) is 0 Å². The molecular formula is C23H19N3O3. The molecule has 0 aliphatic heterocycles. The lowest BCUT2D eigenvalue weighted by Crippen LogP contribution is -2.22. The number of ether oxygens (including phenoxy) is 1. The molecule has 1 amide bonds. The Kier molecular flexibility index (Phi) is 5.07. The van der Waals surface area contributed by atoms with E-state index in [0.29, 0.717) is 23.3 Å². The number of aromatic nitrogens is 2. The lowest BCUT2D eigenvalue weighted by Gasteiger charge is -2.06. The number of nitrogens with one attached hydrogen (secondary N) is 1. The molecule has 0 atom stereocenters. The molecule has 0 aliphatic rings. The van der Waals surface area contributed by atoms with Crippen molar-refractivity contribution >= 4 is 17.5 Å². The molecule has 0 radical (unpaired) electrons. The second kappa shape index (κ2) is 7.98. The second-order valence-electron chi connectivity index (χ2n) is 6.54. The minimum Gasteiger partial charge on any atom is -0.465 e. The summed E-state index contributed by atoms with van der Waals surface area (Å²) in [5, 5.41) is 2.89. The molecule has 6 heteroatoms. The number of nitrogens with zero attached hydrogens (tertiary/aromatic N) is 2. The number of fused-ring (bicyclic) bond motifs is 1. The number of benzene rings is 2. The first kappa shape index (κ1) is 18.4. The SMILES string of the molecule is COC(=O)c1ccc(CNC(=O)c2ccn3cc(-c4ccccc4)nc3c2)cc1. The molecule has 1 N–H and O–H groups in total. The Bertz CT molecular complexity index is 1170. The summed E-state index contributed by atoms with van der Waals surface area (Å²) in [6, 6.07) is 20.4. The summed E-state index contributed by atoms with van der Waals surface area (Å²) in [5.41, 5.74) is 4.49. The van der Waals surface area contributed by atoms with Crippen LogP contribution in [0.5, 0.6) is 0 Å². The standard InChI is InChI=1S/C23H19N3O3/c1-29-23(28)18-9-7-16(8-10-18)14-24-22(27)19-11-12-26-15-20(25-21(26)13-19)17-5-3-2-4-6-17/h2-13,15H,14H2,1H3,(H,24,27). The van der Waals surface area contributed by atoms with E-state index in [0.717, 1.165) is 16.8 Å². The van der Waals surface area contributed by atoms with E-state index in [4.69, 9.17) is 0 Å². The summed E-state index contributed by atoms with van der Waals surface area (Å²) in [5.74, 6) is -0.572. The van der Waals surface area contributed by atoms with Crippen LogP contribution in [0.1, 0.15) is 26.3 Å². The molecule has 0 bridgehead atoms. The van der Waals surface area contributed by atoms with Gasteiger partial charge in [-0.15, -0.1) is 0 Å². The zero-order valence-electron chi connectivity index (χ0n) is 15.8. The zero-order valence-corrected chi connectivity index (χ0v) is 15.8. The monoisotopic (exact) mass is 385 g/mol. The van der Waals surface area contributed by atoms with Crippen LogP contribution in [0.4, 0.5) is 0 Å². The summed E-state index contributed by atoms with van der Waals surface area (Å²) < 4.78 is 6.57. The molecule has 6 nitrogen and oxygen atoms in total. The number of pyridine rings is 1. The Morgan fingerprint density at radius 3 is 2.48 bits per heavy atom. The van der Waals surface area contributed by atoms with Gasteiger partial charge in [0.05, 0.1) is 18.4 Å². The first-order valence-electron chi connectivity index (χ1n) is 9.14. The number of hydrogen-bond donors (Lipinski definition) is 1. The van der Waals surface area contributed by atoms with E-state index in [-0.39, 0.29) is 11.9 Å². The van der Waals surface area contributed by atoms with Gasteiger partial charge in [-0.25, -0.2) is 9.78 Å². The fraction of sp³-hybridized carbons (Fsp3) is 0.0870. The molecule has 29 heavy (non-hydrogen) atoms. The maximum absolute atomic E-state index is 12.5. The maximum Gasteiger partial charge on any atom is 0.337 e. The second-order valence-corrected chi connectivity index (χ2v) is 6.54. The third kappa shape index (κ3) is 4.01. The van der Waals surface area contributed by atoms with Crippen molar-refractivity contribution in [3.63, 3.8) is 0 Å². The molecule has 0 saturated carbocycles. The number of carbonyl (C=O) groups excluding carboxylic acids is 2. The lowest BCUT2D eigenvalue weighted by atomic mass is 10.1. The van der Waals surface area contributed by atoms with Gasteiger partial charge in [0.1, 0.15) is 5.65 Å². The summed E-state index contributed by atoms with van der Waals surface area (Å²) >= 11 is 0. The minimum absolute atomic E-state index is 0.186. The summed E-state index contributed by atoms with van der Waals surface area (Å²) in [6.07, 6.45) is 3.77. The third-order valence-electron chi connectivity index (χ3n) is 4.62. The van der Waals surface area contributed by atoms with E-state index in [9.17, 15) is 9.59 Å². The third-order valence-corrected chi connectivity index (χ3v) is 4.62. The number of amides is 1. The molecule has 2 aromatic carbocycles. The Balaban J connectivity index is 1.46. The van der Waals surface area contributed by atoms with Crippen molar-refractivity contribution < 1.29 is 14.3 Å². The van der Waals surface area contributed by atoms with Crippen LogP contribution >= 0.6 is 0 Å². The summed E-state index contributed by atoms with van der Waals surface area (Å²) in [4.78, 5) is 28.6. The van der Waals surface area contributed by atoms with Crippen LogP contribution in [0.15, 0.2) is 79.1 Å². The van der Waals surface area contributed by atoms with Gasteiger partial charge >= 0.3 is 5.97 Å². The molecule has 0 aliphatic carbocycles. The van der Waals surface area contributed by atoms with Crippen LogP contribution in [-0.4, -0.2) is 28.4 Å². The van der Waals surface area contributed by atoms with Gasteiger partial charge in [0, 0.05) is 30.1 Å². The van der Waals surface area contributed by atoms with E-state index >= 15 is 0 Å².